The minimum atomic E-state index is -0.849. The van der Waals surface area contributed by atoms with Gasteiger partial charge in [-0.1, -0.05) is 6.92 Å². The second-order valence-corrected chi connectivity index (χ2v) is 4.73. The number of hydrogen-bond acceptors (Lipinski definition) is 5. The lowest BCUT2D eigenvalue weighted by atomic mass is 9.75. The van der Waals surface area contributed by atoms with E-state index in [0.29, 0.717) is 19.3 Å². The summed E-state index contributed by atoms with van der Waals surface area (Å²) >= 11 is 0. The number of nitrogens with zero attached hydrogens (tertiary/aromatic N) is 2. The molecule has 0 N–H and O–H groups in total. The molecule has 0 aliphatic heterocycles. The van der Waals surface area contributed by atoms with Crippen molar-refractivity contribution in [1.82, 2.24) is 0 Å². The molecule has 1 rings (SSSR count). The van der Waals surface area contributed by atoms with Crippen LogP contribution in [0.15, 0.2) is 0 Å². The van der Waals surface area contributed by atoms with E-state index in [9.17, 15) is 25.0 Å². The highest BCUT2D eigenvalue weighted by Crippen LogP contribution is 2.33. The molecule has 0 saturated heterocycles. The van der Waals surface area contributed by atoms with Gasteiger partial charge in [-0.25, -0.2) is 0 Å². The van der Waals surface area contributed by atoms with Crippen molar-refractivity contribution in [3.63, 3.8) is 0 Å². The summed E-state index contributed by atoms with van der Waals surface area (Å²) in [5.74, 6) is -0.141. The highest BCUT2D eigenvalue weighted by atomic mass is 16.6. The maximum Gasteiger partial charge on any atom is 0.220 e. The fourth-order valence-electron chi connectivity index (χ4n) is 2.45. The topological polar surface area (TPSA) is 103 Å². The highest BCUT2D eigenvalue weighted by molar-refractivity contribution is 5.49. The first kappa shape index (κ1) is 13.5. The zero-order valence-corrected chi connectivity index (χ0v) is 9.65. The summed E-state index contributed by atoms with van der Waals surface area (Å²) in [4.78, 5) is 31.1. The Labute approximate surface area is 98.5 Å². The van der Waals surface area contributed by atoms with Crippen molar-refractivity contribution in [2.24, 2.45) is 11.8 Å². The maximum atomic E-state index is 10.8. The summed E-state index contributed by atoms with van der Waals surface area (Å²) in [7, 11) is 0. The van der Waals surface area contributed by atoms with E-state index in [1.54, 1.807) is 0 Å². The standard InChI is InChI=1S/C10H16N2O5/c1-7(2-3-13)8-4-9(11(14)15)6-10(5-8)12(16)17/h3,7-10H,2,4-6H2,1H3. The fourth-order valence-corrected chi connectivity index (χ4v) is 2.45. The van der Waals surface area contributed by atoms with Crippen molar-refractivity contribution in [2.45, 2.75) is 44.7 Å². The van der Waals surface area contributed by atoms with Crippen molar-refractivity contribution >= 4 is 6.29 Å². The Hall–Kier alpha value is -1.53. The largest absolute Gasteiger partial charge is 0.303 e. The first-order valence-corrected chi connectivity index (χ1v) is 5.66. The molecule has 1 fully saturated rings. The average molecular weight is 244 g/mol. The van der Waals surface area contributed by atoms with Gasteiger partial charge in [0.25, 0.3) is 0 Å². The van der Waals surface area contributed by atoms with Crippen LogP contribution in [0, 0.1) is 32.1 Å². The van der Waals surface area contributed by atoms with Crippen molar-refractivity contribution in [1.29, 1.82) is 0 Å². The van der Waals surface area contributed by atoms with Gasteiger partial charge in [0.1, 0.15) is 6.29 Å². The number of carbonyl (C=O) groups is 1. The van der Waals surface area contributed by atoms with Crippen molar-refractivity contribution < 1.29 is 14.6 Å². The molecule has 1 aliphatic rings. The van der Waals surface area contributed by atoms with Crippen LogP contribution in [0.1, 0.15) is 32.6 Å². The minimum Gasteiger partial charge on any atom is -0.303 e. The first-order valence-electron chi connectivity index (χ1n) is 5.66. The van der Waals surface area contributed by atoms with Crippen LogP contribution in [0.2, 0.25) is 0 Å². The summed E-state index contributed by atoms with van der Waals surface area (Å²) in [6, 6.07) is -1.70. The van der Waals surface area contributed by atoms with Crippen molar-refractivity contribution in [3.8, 4) is 0 Å². The monoisotopic (exact) mass is 244 g/mol. The zero-order chi connectivity index (χ0) is 13.0. The van der Waals surface area contributed by atoms with Gasteiger partial charge in [0, 0.05) is 29.1 Å². The Morgan fingerprint density at radius 2 is 1.65 bits per heavy atom. The van der Waals surface area contributed by atoms with Crippen molar-refractivity contribution in [3.05, 3.63) is 20.2 Å². The molecule has 1 aliphatic carbocycles. The summed E-state index contributed by atoms with van der Waals surface area (Å²) in [6.45, 7) is 1.82. The highest BCUT2D eigenvalue weighted by Gasteiger charge is 2.42. The van der Waals surface area contributed by atoms with Crippen LogP contribution in [0.4, 0.5) is 0 Å². The second kappa shape index (κ2) is 5.70. The van der Waals surface area contributed by atoms with Crippen LogP contribution < -0.4 is 0 Å². The molecular weight excluding hydrogens is 228 g/mol. The van der Waals surface area contributed by atoms with Gasteiger partial charge in [-0.15, -0.1) is 0 Å². The summed E-state index contributed by atoms with van der Waals surface area (Å²) < 4.78 is 0. The number of nitro groups is 2. The summed E-state index contributed by atoms with van der Waals surface area (Å²) in [5, 5.41) is 21.5. The molecule has 96 valence electrons. The van der Waals surface area contributed by atoms with E-state index in [1.165, 1.54) is 0 Å². The lowest BCUT2D eigenvalue weighted by molar-refractivity contribution is -0.571. The van der Waals surface area contributed by atoms with Gasteiger partial charge in [0.05, 0.1) is 6.42 Å². The van der Waals surface area contributed by atoms with Crippen LogP contribution in [-0.4, -0.2) is 28.2 Å². The normalized spacial score (nSPS) is 30.5. The van der Waals surface area contributed by atoms with Gasteiger partial charge in [0.2, 0.25) is 12.1 Å². The van der Waals surface area contributed by atoms with Crippen LogP contribution in [0.3, 0.4) is 0 Å². The van der Waals surface area contributed by atoms with E-state index in [2.05, 4.69) is 0 Å². The third-order valence-electron chi connectivity index (χ3n) is 3.56. The van der Waals surface area contributed by atoms with Crippen LogP contribution in [0.5, 0.6) is 0 Å². The summed E-state index contributed by atoms with van der Waals surface area (Å²) in [5.41, 5.74) is 0. The molecule has 0 aromatic rings. The number of rotatable bonds is 5. The van der Waals surface area contributed by atoms with E-state index in [-0.39, 0.29) is 18.3 Å². The Kier molecular flexibility index (Phi) is 4.53. The fraction of sp³-hybridized carbons (Fsp3) is 0.900. The molecule has 0 amide bonds. The van der Waals surface area contributed by atoms with Crippen LogP contribution in [-0.2, 0) is 4.79 Å². The third-order valence-corrected chi connectivity index (χ3v) is 3.56. The smallest absolute Gasteiger partial charge is 0.220 e. The Bertz CT molecular complexity index is 298. The predicted octanol–water partition coefficient (Wildman–Crippen LogP) is 1.30. The molecule has 0 spiro atoms. The Morgan fingerprint density at radius 3 is 2.00 bits per heavy atom. The molecule has 0 bridgehead atoms. The summed E-state index contributed by atoms with van der Waals surface area (Å²) in [6.07, 6.45) is 1.75. The third kappa shape index (κ3) is 3.47. The van der Waals surface area contributed by atoms with Gasteiger partial charge in [-0.05, 0) is 11.8 Å². The lowest BCUT2D eigenvalue weighted by Gasteiger charge is -2.29. The predicted molar refractivity (Wildman–Crippen MR) is 58.8 cm³/mol. The molecule has 7 heteroatoms. The number of aldehydes is 1. The second-order valence-electron chi connectivity index (χ2n) is 4.73. The molecule has 0 aromatic heterocycles. The van der Waals surface area contributed by atoms with Gasteiger partial charge in [0.15, 0.2) is 0 Å². The minimum absolute atomic E-state index is 0.00428. The maximum absolute atomic E-state index is 10.8. The van der Waals surface area contributed by atoms with Crippen LogP contribution >= 0.6 is 0 Å². The first-order chi connectivity index (χ1) is 7.95. The molecular formula is C10H16N2O5. The SMILES string of the molecule is CC(CC=O)C1CC([N+](=O)[O-])CC([N+](=O)[O-])C1. The van der Waals surface area contributed by atoms with Gasteiger partial charge in [-0.2, -0.15) is 0 Å². The lowest BCUT2D eigenvalue weighted by Crippen LogP contribution is -2.40. The molecule has 0 aromatic carbocycles. The van der Waals surface area contributed by atoms with Crippen molar-refractivity contribution in [2.75, 3.05) is 0 Å². The Morgan fingerprint density at radius 1 is 1.18 bits per heavy atom. The molecule has 3 atom stereocenters. The van der Waals surface area contributed by atoms with E-state index in [1.807, 2.05) is 6.92 Å². The molecule has 1 saturated carbocycles. The number of hydrogen-bond donors (Lipinski definition) is 0. The van der Waals surface area contributed by atoms with Gasteiger partial charge in [-0.3, -0.25) is 20.2 Å². The van der Waals surface area contributed by atoms with E-state index in [4.69, 9.17) is 0 Å². The van der Waals surface area contributed by atoms with E-state index < -0.39 is 21.9 Å². The van der Waals surface area contributed by atoms with E-state index in [0.717, 1.165) is 6.29 Å². The van der Waals surface area contributed by atoms with Gasteiger partial charge >= 0.3 is 0 Å². The van der Waals surface area contributed by atoms with Crippen LogP contribution in [0.25, 0.3) is 0 Å². The molecule has 3 unspecified atom stereocenters. The number of carbonyl (C=O) groups excluding carboxylic acids is 1. The van der Waals surface area contributed by atoms with Gasteiger partial charge < -0.3 is 4.79 Å². The molecule has 17 heavy (non-hydrogen) atoms. The molecule has 0 heterocycles. The zero-order valence-electron chi connectivity index (χ0n) is 9.65. The van der Waals surface area contributed by atoms with E-state index >= 15 is 0 Å². The molecule has 0 radical (unpaired) electrons. The quantitative estimate of drug-likeness (QED) is 0.412. The molecule has 7 nitrogen and oxygen atoms in total. The average Bonchev–Trinajstić information content (AvgIpc) is 2.28. The Balaban J connectivity index is 2.74.